The first kappa shape index (κ1) is 24.8. The number of nitrogens with one attached hydrogen (secondary N) is 1. The predicted octanol–water partition coefficient (Wildman–Crippen LogP) is 3.26. The van der Waals surface area contributed by atoms with Gasteiger partial charge in [0.2, 0.25) is 5.88 Å². The Labute approximate surface area is 208 Å². The third kappa shape index (κ3) is 6.02. The standard InChI is InChI=1S/C26H28N6O4/c1-3-36-24-9-6-18(13-29-24)14-32-15-21(26(31-32)30-23(34)16-35-2)22(33)8-5-17-4-7-20-19(12-17)10-11-28-25(20)27/h4,6-7,9-13,15H,3,5,8,14,16H2,1-2H3,(H2,27,28)(H,30,31,34). The summed E-state index contributed by atoms with van der Waals surface area (Å²) in [5, 5.41) is 8.97. The summed E-state index contributed by atoms with van der Waals surface area (Å²) in [5.41, 5.74) is 8.15. The summed E-state index contributed by atoms with van der Waals surface area (Å²) in [5.74, 6) is 0.700. The van der Waals surface area contributed by atoms with E-state index in [4.69, 9.17) is 15.2 Å². The molecule has 0 atom stereocenters. The molecule has 3 N–H and O–H groups in total. The van der Waals surface area contributed by atoms with Crippen LogP contribution in [0, 0.1) is 0 Å². The van der Waals surface area contributed by atoms with E-state index in [1.54, 1.807) is 29.3 Å². The number of Topliss-reactive ketones (excluding diaryl/α,β-unsaturated/α-hetero) is 1. The fraction of sp³-hybridized carbons (Fsp3) is 0.269. The monoisotopic (exact) mass is 488 g/mol. The number of hydrogen-bond donors (Lipinski definition) is 2. The number of nitrogen functional groups attached to an aromatic ring is 1. The van der Waals surface area contributed by atoms with Gasteiger partial charge in [-0.25, -0.2) is 9.97 Å². The highest BCUT2D eigenvalue weighted by atomic mass is 16.5. The number of anilines is 2. The molecule has 0 aliphatic heterocycles. The Bertz CT molecular complexity index is 1370. The number of benzene rings is 1. The first-order valence-corrected chi connectivity index (χ1v) is 11.6. The number of aromatic nitrogens is 4. The van der Waals surface area contributed by atoms with Gasteiger partial charge in [-0.05, 0) is 35.9 Å². The molecule has 10 heteroatoms. The minimum atomic E-state index is -0.389. The van der Waals surface area contributed by atoms with Crippen LogP contribution in [0.25, 0.3) is 10.8 Å². The van der Waals surface area contributed by atoms with E-state index in [1.165, 1.54) is 7.11 Å². The maximum atomic E-state index is 13.2. The lowest BCUT2D eigenvalue weighted by Gasteiger charge is -2.06. The molecule has 4 aromatic rings. The van der Waals surface area contributed by atoms with Crippen molar-refractivity contribution in [2.45, 2.75) is 26.3 Å². The van der Waals surface area contributed by atoms with Gasteiger partial charge in [0.15, 0.2) is 11.6 Å². The molecule has 3 heterocycles. The Morgan fingerprint density at radius 3 is 2.69 bits per heavy atom. The van der Waals surface area contributed by atoms with Gasteiger partial charge in [0.1, 0.15) is 12.4 Å². The quantitative estimate of drug-likeness (QED) is 0.307. The van der Waals surface area contributed by atoms with Gasteiger partial charge in [-0.2, -0.15) is 5.10 Å². The molecule has 0 saturated heterocycles. The molecule has 0 unspecified atom stereocenters. The van der Waals surface area contributed by atoms with Crippen LogP contribution in [0.3, 0.4) is 0 Å². The molecule has 4 rings (SSSR count). The number of methoxy groups -OCH3 is 1. The van der Waals surface area contributed by atoms with Crippen molar-refractivity contribution < 1.29 is 19.1 Å². The summed E-state index contributed by atoms with van der Waals surface area (Å²) >= 11 is 0. The van der Waals surface area contributed by atoms with E-state index in [2.05, 4.69) is 20.4 Å². The topological polar surface area (TPSA) is 134 Å². The van der Waals surface area contributed by atoms with Crippen LogP contribution in [0.1, 0.15) is 34.8 Å². The van der Waals surface area contributed by atoms with Gasteiger partial charge >= 0.3 is 0 Å². The van der Waals surface area contributed by atoms with E-state index in [9.17, 15) is 9.59 Å². The lowest BCUT2D eigenvalue weighted by molar-refractivity contribution is -0.119. The molecule has 3 aromatic heterocycles. The van der Waals surface area contributed by atoms with Gasteiger partial charge in [-0.3, -0.25) is 14.3 Å². The minimum absolute atomic E-state index is 0.131. The minimum Gasteiger partial charge on any atom is -0.478 e. The van der Waals surface area contributed by atoms with E-state index in [-0.39, 0.29) is 30.5 Å². The van der Waals surface area contributed by atoms with Crippen LogP contribution in [0.4, 0.5) is 11.6 Å². The van der Waals surface area contributed by atoms with Crippen molar-refractivity contribution in [1.82, 2.24) is 19.7 Å². The molecule has 1 amide bonds. The Hall–Kier alpha value is -4.31. The summed E-state index contributed by atoms with van der Waals surface area (Å²) in [6.07, 6.45) is 5.77. The smallest absolute Gasteiger partial charge is 0.251 e. The fourth-order valence-electron chi connectivity index (χ4n) is 3.82. The van der Waals surface area contributed by atoms with Crippen LogP contribution in [0.2, 0.25) is 0 Å². The highest BCUT2D eigenvalue weighted by Crippen LogP contribution is 2.22. The molecule has 1 aromatic carbocycles. The van der Waals surface area contributed by atoms with Gasteiger partial charge < -0.3 is 20.5 Å². The molecule has 186 valence electrons. The molecule has 0 fully saturated rings. The fourth-order valence-corrected chi connectivity index (χ4v) is 3.82. The van der Waals surface area contributed by atoms with E-state index in [0.717, 1.165) is 21.9 Å². The van der Waals surface area contributed by atoms with Crippen molar-refractivity contribution in [2.24, 2.45) is 0 Å². The molecular formula is C26H28N6O4. The molecular weight excluding hydrogens is 460 g/mol. The number of nitrogens with two attached hydrogens (primary N) is 1. The molecule has 0 bridgehead atoms. The average molecular weight is 489 g/mol. The molecule has 0 spiro atoms. The Morgan fingerprint density at radius 2 is 1.94 bits per heavy atom. The summed E-state index contributed by atoms with van der Waals surface area (Å²) in [7, 11) is 1.43. The number of carbonyl (C=O) groups excluding carboxylic acids is 2. The van der Waals surface area contributed by atoms with Crippen molar-refractivity contribution in [3.8, 4) is 5.88 Å². The second kappa shape index (κ2) is 11.4. The number of pyridine rings is 2. The van der Waals surface area contributed by atoms with Crippen molar-refractivity contribution in [1.29, 1.82) is 0 Å². The molecule has 36 heavy (non-hydrogen) atoms. The van der Waals surface area contributed by atoms with Crippen LogP contribution < -0.4 is 15.8 Å². The Kier molecular flexibility index (Phi) is 7.86. The first-order chi connectivity index (χ1) is 17.5. The van der Waals surface area contributed by atoms with E-state index in [0.29, 0.717) is 36.8 Å². The summed E-state index contributed by atoms with van der Waals surface area (Å²) < 4.78 is 11.9. The summed E-state index contributed by atoms with van der Waals surface area (Å²) in [4.78, 5) is 33.7. The summed E-state index contributed by atoms with van der Waals surface area (Å²) in [6.45, 7) is 2.66. The van der Waals surface area contributed by atoms with Crippen LogP contribution >= 0.6 is 0 Å². The largest absolute Gasteiger partial charge is 0.478 e. The molecule has 0 radical (unpaired) electrons. The first-order valence-electron chi connectivity index (χ1n) is 11.6. The molecule has 10 nitrogen and oxygen atoms in total. The Morgan fingerprint density at radius 1 is 1.11 bits per heavy atom. The predicted molar refractivity (Wildman–Crippen MR) is 136 cm³/mol. The van der Waals surface area contributed by atoms with Crippen molar-refractivity contribution >= 4 is 34.1 Å². The SMILES string of the molecule is CCOc1ccc(Cn2cc(C(=O)CCc3ccc4c(N)nccc4c3)c(NC(=O)COC)n2)cn1. The van der Waals surface area contributed by atoms with E-state index in [1.807, 2.05) is 37.3 Å². The number of aryl methyl sites for hydroxylation is 1. The zero-order valence-electron chi connectivity index (χ0n) is 20.2. The number of carbonyl (C=O) groups is 2. The highest BCUT2D eigenvalue weighted by molar-refractivity contribution is 6.04. The van der Waals surface area contributed by atoms with Gasteiger partial charge in [0.25, 0.3) is 5.91 Å². The zero-order valence-corrected chi connectivity index (χ0v) is 20.2. The van der Waals surface area contributed by atoms with Crippen molar-refractivity contribution in [2.75, 3.05) is 31.4 Å². The maximum absolute atomic E-state index is 13.2. The van der Waals surface area contributed by atoms with E-state index < -0.39 is 0 Å². The number of nitrogens with zero attached hydrogens (tertiary/aromatic N) is 4. The van der Waals surface area contributed by atoms with Gasteiger partial charge in [-0.15, -0.1) is 0 Å². The summed E-state index contributed by atoms with van der Waals surface area (Å²) in [6, 6.07) is 11.4. The number of fused-ring (bicyclic) bond motifs is 1. The van der Waals surface area contributed by atoms with E-state index >= 15 is 0 Å². The van der Waals surface area contributed by atoms with Crippen LogP contribution in [0.5, 0.6) is 5.88 Å². The second-order valence-corrected chi connectivity index (χ2v) is 8.18. The Balaban J connectivity index is 1.51. The van der Waals surface area contributed by atoms with Crippen LogP contribution in [-0.4, -0.2) is 51.8 Å². The van der Waals surface area contributed by atoms with Crippen LogP contribution in [-0.2, 0) is 22.5 Å². The third-order valence-corrected chi connectivity index (χ3v) is 5.53. The highest BCUT2D eigenvalue weighted by Gasteiger charge is 2.19. The number of ether oxygens (including phenoxy) is 2. The molecule has 0 aliphatic rings. The van der Waals surface area contributed by atoms with Gasteiger partial charge in [-0.1, -0.05) is 24.3 Å². The molecule has 0 aliphatic carbocycles. The average Bonchev–Trinajstić information content (AvgIpc) is 3.26. The lowest BCUT2D eigenvalue weighted by atomic mass is 10.0. The van der Waals surface area contributed by atoms with Crippen molar-refractivity contribution in [3.05, 3.63) is 71.7 Å². The lowest BCUT2D eigenvalue weighted by Crippen LogP contribution is -2.19. The number of hydrogen-bond acceptors (Lipinski definition) is 8. The number of amides is 1. The second-order valence-electron chi connectivity index (χ2n) is 8.18. The normalized spacial score (nSPS) is 10.9. The number of rotatable bonds is 11. The van der Waals surface area contributed by atoms with Gasteiger partial charge in [0, 0.05) is 43.6 Å². The third-order valence-electron chi connectivity index (χ3n) is 5.53. The van der Waals surface area contributed by atoms with Crippen LogP contribution in [0.15, 0.2) is 55.0 Å². The number of ketones is 1. The maximum Gasteiger partial charge on any atom is 0.251 e. The van der Waals surface area contributed by atoms with Gasteiger partial charge in [0.05, 0.1) is 18.7 Å². The van der Waals surface area contributed by atoms with Crippen molar-refractivity contribution in [3.63, 3.8) is 0 Å². The zero-order chi connectivity index (χ0) is 25.5. The molecule has 0 saturated carbocycles.